The summed E-state index contributed by atoms with van der Waals surface area (Å²) in [5.74, 6) is 0.920. The average molecular weight is 305 g/mol. The predicted octanol–water partition coefficient (Wildman–Crippen LogP) is 2.02. The zero-order chi connectivity index (χ0) is 14.8. The maximum absolute atomic E-state index is 12.3. The smallest absolute Gasteiger partial charge is 0.257 e. The highest BCUT2D eigenvalue weighted by atomic mass is 32.1. The fourth-order valence-electron chi connectivity index (χ4n) is 2.12. The molecule has 2 aromatic rings. The van der Waals surface area contributed by atoms with Gasteiger partial charge in [0.05, 0.1) is 19.9 Å². The van der Waals surface area contributed by atoms with E-state index < -0.39 is 0 Å². The number of amides is 1. The number of fused-ring (bicyclic) bond motifs is 1. The molecule has 0 spiro atoms. The first-order valence-corrected chi connectivity index (χ1v) is 7.25. The van der Waals surface area contributed by atoms with E-state index in [1.807, 2.05) is 0 Å². The van der Waals surface area contributed by atoms with Crippen molar-refractivity contribution >= 4 is 22.4 Å². The molecule has 0 saturated carbocycles. The summed E-state index contributed by atoms with van der Waals surface area (Å²) in [4.78, 5) is 17.9. The molecule has 2 heterocycles. The van der Waals surface area contributed by atoms with Crippen LogP contribution in [-0.2, 0) is 13.1 Å². The molecule has 2 N–H and O–H groups in total. The van der Waals surface area contributed by atoms with Gasteiger partial charge in [0.15, 0.2) is 5.13 Å². The number of methoxy groups -OCH3 is 2. The molecular formula is C14H15N3O3S. The van der Waals surface area contributed by atoms with Crippen molar-refractivity contribution in [2.24, 2.45) is 0 Å². The molecule has 21 heavy (non-hydrogen) atoms. The molecule has 3 rings (SSSR count). The number of nitrogens with zero attached hydrogens (tertiary/aromatic N) is 1. The molecule has 1 amide bonds. The topological polar surface area (TPSA) is 72.5 Å². The SMILES string of the molecule is COc1cc(OC)cc(C(=O)Nc2nc3c(s2)CNC3)c1. The number of hydrogen-bond acceptors (Lipinski definition) is 6. The van der Waals surface area contributed by atoms with Crippen LogP contribution in [0.3, 0.4) is 0 Å². The summed E-state index contributed by atoms with van der Waals surface area (Å²) < 4.78 is 10.3. The summed E-state index contributed by atoms with van der Waals surface area (Å²) in [5.41, 5.74) is 1.48. The molecule has 1 aliphatic rings. The normalized spacial score (nSPS) is 12.9. The second kappa shape index (κ2) is 5.71. The van der Waals surface area contributed by atoms with E-state index in [2.05, 4.69) is 15.6 Å². The molecule has 0 aliphatic carbocycles. The van der Waals surface area contributed by atoms with Crippen molar-refractivity contribution in [3.8, 4) is 11.5 Å². The number of rotatable bonds is 4. The van der Waals surface area contributed by atoms with E-state index in [-0.39, 0.29) is 5.91 Å². The van der Waals surface area contributed by atoms with E-state index >= 15 is 0 Å². The molecule has 0 unspecified atom stereocenters. The highest BCUT2D eigenvalue weighted by Gasteiger charge is 2.18. The largest absolute Gasteiger partial charge is 0.497 e. The lowest BCUT2D eigenvalue weighted by Crippen LogP contribution is -2.12. The summed E-state index contributed by atoms with van der Waals surface area (Å²) in [6.45, 7) is 1.57. The van der Waals surface area contributed by atoms with Crippen molar-refractivity contribution in [3.63, 3.8) is 0 Å². The number of ether oxygens (including phenoxy) is 2. The fraction of sp³-hybridized carbons (Fsp3) is 0.286. The molecule has 0 saturated heterocycles. The molecule has 7 heteroatoms. The van der Waals surface area contributed by atoms with Crippen LogP contribution in [0.15, 0.2) is 18.2 Å². The molecular weight excluding hydrogens is 290 g/mol. The highest BCUT2D eigenvalue weighted by molar-refractivity contribution is 7.15. The Hall–Kier alpha value is -2.12. The van der Waals surface area contributed by atoms with Gasteiger partial charge in [-0.25, -0.2) is 4.98 Å². The van der Waals surface area contributed by atoms with Gasteiger partial charge in [-0.1, -0.05) is 0 Å². The van der Waals surface area contributed by atoms with Crippen LogP contribution in [0.25, 0.3) is 0 Å². The van der Waals surface area contributed by atoms with Crippen LogP contribution in [0.4, 0.5) is 5.13 Å². The van der Waals surface area contributed by atoms with Gasteiger partial charge in [0, 0.05) is 29.6 Å². The molecule has 1 aromatic heterocycles. The van der Waals surface area contributed by atoms with Crippen molar-refractivity contribution in [3.05, 3.63) is 34.3 Å². The number of carbonyl (C=O) groups excluding carboxylic acids is 1. The number of aromatic nitrogens is 1. The van der Waals surface area contributed by atoms with E-state index in [4.69, 9.17) is 9.47 Å². The minimum absolute atomic E-state index is 0.229. The minimum atomic E-state index is -0.229. The van der Waals surface area contributed by atoms with Gasteiger partial charge >= 0.3 is 0 Å². The van der Waals surface area contributed by atoms with Gasteiger partial charge in [-0.15, -0.1) is 11.3 Å². The van der Waals surface area contributed by atoms with Gasteiger partial charge in [0.1, 0.15) is 11.5 Å². The first kappa shape index (κ1) is 13.8. The maximum Gasteiger partial charge on any atom is 0.257 e. The van der Waals surface area contributed by atoms with E-state index in [1.54, 1.807) is 32.4 Å². The zero-order valence-corrected chi connectivity index (χ0v) is 12.5. The van der Waals surface area contributed by atoms with Gasteiger partial charge in [-0.3, -0.25) is 10.1 Å². The van der Waals surface area contributed by atoms with Gasteiger partial charge < -0.3 is 14.8 Å². The van der Waals surface area contributed by atoms with Crippen LogP contribution in [0.2, 0.25) is 0 Å². The molecule has 1 aliphatic heterocycles. The number of thiazole rings is 1. The molecule has 0 atom stereocenters. The molecule has 110 valence electrons. The van der Waals surface area contributed by atoms with Crippen molar-refractivity contribution in [1.82, 2.24) is 10.3 Å². The van der Waals surface area contributed by atoms with Crippen LogP contribution in [0, 0.1) is 0 Å². The Bertz CT molecular complexity index is 640. The molecule has 1 aromatic carbocycles. The highest BCUT2D eigenvalue weighted by Crippen LogP contribution is 2.28. The van der Waals surface area contributed by atoms with Gasteiger partial charge in [0.25, 0.3) is 5.91 Å². The quantitative estimate of drug-likeness (QED) is 0.904. The first-order valence-electron chi connectivity index (χ1n) is 6.43. The predicted molar refractivity (Wildman–Crippen MR) is 80.2 cm³/mol. The first-order chi connectivity index (χ1) is 10.2. The van der Waals surface area contributed by atoms with Crippen molar-refractivity contribution in [1.29, 1.82) is 0 Å². The number of carbonyl (C=O) groups is 1. The number of nitrogens with one attached hydrogen (secondary N) is 2. The summed E-state index contributed by atoms with van der Waals surface area (Å²) in [6.07, 6.45) is 0. The van der Waals surface area contributed by atoms with Crippen molar-refractivity contribution in [2.45, 2.75) is 13.1 Å². The Morgan fingerprint density at radius 3 is 2.57 bits per heavy atom. The summed E-state index contributed by atoms with van der Waals surface area (Å²) in [5, 5.41) is 6.65. The summed E-state index contributed by atoms with van der Waals surface area (Å²) >= 11 is 1.50. The monoisotopic (exact) mass is 305 g/mol. The van der Waals surface area contributed by atoms with E-state index in [0.717, 1.165) is 18.8 Å². The molecule has 6 nitrogen and oxygen atoms in total. The van der Waals surface area contributed by atoms with Crippen LogP contribution in [-0.4, -0.2) is 25.1 Å². The summed E-state index contributed by atoms with van der Waals surface area (Å²) in [7, 11) is 3.10. The second-order valence-corrected chi connectivity index (χ2v) is 5.63. The fourth-order valence-corrected chi connectivity index (χ4v) is 3.06. The maximum atomic E-state index is 12.3. The Balaban J connectivity index is 1.81. The Morgan fingerprint density at radius 2 is 1.95 bits per heavy atom. The van der Waals surface area contributed by atoms with E-state index in [0.29, 0.717) is 22.2 Å². The average Bonchev–Trinajstić information content (AvgIpc) is 3.07. The lowest BCUT2D eigenvalue weighted by Gasteiger charge is -2.08. The van der Waals surface area contributed by atoms with Gasteiger partial charge in [-0.05, 0) is 12.1 Å². The van der Waals surface area contributed by atoms with Crippen LogP contribution in [0.1, 0.15) is 20.9 Å². The molecule has 0 fully saturated rings. The second-order valence-electron chi connectivity index (χ2n) is 4.55. The molecule has 0 bridgehead atoms. The third-order valence-corrected chi connectivity index (χ3v) is 4.20. The van der Waals surface area contributed by atoms with E-state index in [9.17, 15) is 4.79 Å². The lowest BCUT2D eigenvalue weighted by atomic mass is 10.2. The van der Waals surface area contributed by atoms with Crippen molar-refractivity contribution in [2.75, 3.05) is 19.5 Å². The standard InChI is InChI=1S/C14H15N3O3S/c1-19-9-3-8(4-10(5-9)20-2)13(18)17-14-16-11-6-15-7-12(11)21-14/h3-5,15H,6-7H2,1-2H3,(H,16,17,18). The molecule has 0 radical (unpaired) electrons. The Labute approximate surface area is 126 Å². The lowest BCUT2D eigenvalue weighted by molar-refractivity contribution is 0.102. The van der Waals surface area contributed by atoms with Crippen LogP contribution >= 0.6 is 11.3 Å². The van der Waals surface area contributed by atoms with Crippen LogP contribution < -0.4 is 20.1 Å². The third-order valence-electron chi connectivity index (χ3n) is 3.19. The van der Waals surface area contributed by atoms with Gasteiger partial charge in [0.2, 0.25) is 0 Å². The zero-order valence-electron chi connectivity index (χ0n) is 11.7. The minimum Gasteiger partial charge on any atom is -0.497 e. The van der Waals surface area contributed by atoms with Crippen LogP contribution in [0.5, 0.6) is 11.5 Å². The third kappa shape index (κ3) is 2.84. The van der Waals surface area contributed by atoms with Crippen molar-refractivity contribution < 1.29 is 14.3 Å². The number of anilines is 1. The summed E-state index contributed by atoms with van der Waals surface area (Å²) in [6, 6.07) is 5.06. The number of benzene rings is 1. The van der Waals surface area contributed by atoms with Gasteiger partial charge in [-0.2, -0.15) is 0 Å². The number of hydrogen-bond donors (Lipinski definition) is 2. The van der Waals surface area contributed by atoms with E-state index in [1.165, 1.54) is 16.2 Å². The Kier molecular flexibility index (Phi) is 3.76. The Morgan fingerprint density at radius 1 is 1.24 bits per heavy atom.